The Hall–Kier alpha value is -3.80. The fraction of sp³-hybridized carbons (Fsp3) is 0.500. The molecular formula is C38H63ClN6O2. The number of aryl methyl sites for hydroxylation is 2. The summed E-state index contributed by atoms with van der Waals surface area (Å²) in [5.74, 6) is 0. The van der Waals surface area contributed by atoms with Crippen LogP contribution in [0.3, 0.4) is 0 Å². The number of allylic oxidation sites excluding steroid dienone is 3. The molecule has 2 aliphatic rings. The molecule has 0 spiro atoms. The first-order valence-corrected chi connectivity index (χ1v) is 17.0. The summed E-state index contributed by atoms with van der Waals surface area (Å²) in [5.41, 5.74) is 4.13. The Morgan fingerprint density at radius 2 is 1.70 bits per heavy atom. The van der Waals surface area contributed by atoms with Crippen LogP contribution in [0.15, 0.2) is 62.2 Å². The summed E-state index contributed by atoms with van der Waals surface area (Å²) >= 11 is 6.18. The van der Waals surface area contributed by atoms with Gasteiger partial charge < -0.3 is 24.8 Å². The van der Waals surface area contributed by atoms with Crippen molar-refractivity contribution in [3.8, 4) is 12.8 Å². The molecule has 47 heavy (non-hydrogen) atoms. The molecule has 9 heteroatoms. The van der Waals surface area contributed by atoms with Gasteiger partial charge in [0.05, 0.1) is 23.9 Å². The lowest BCUT2D eigenvalue weighted by molar-refractivity contribution is 0.0555. The van der Waals surface area contributed by atoms with Gasteiger partial charge in [0, 0.05) is 50.9 Å². The van der Waals surface area contributed by atoms with Crippen molar-refractivity contribution in [1.82, 2.24) is 25.1 Å². The molecule has 1 aromatic carbocycles. The number of hydrogen-bond acceptors (Lipinski definition) is 6. The quantitative estimate of drug-likeness (QED) is 0.148. The van der Waals surface area contributed by atoms with Crippen LogP contribution in [-0.4, -0.2) is 65.1 Å². The number of carbonyl (C=O) groups is 1. The zero-order chi connectivity index (χ0) is 36.8. The summed E-state index contributed by atoms with van der Waals surface area (Å²) in [7, 11) is 3.70. The molecule has 0 radical (unpaired) electrons. The number of aromatic nitrogens is 2. The zero-order valence-corrected chi connectivity index (χ0v) is 31.6. The number of imidazole rings is 1. The van der Waals surface area contributed by atoms with Crippen LogP contribution < -0.4 is 10.6 Å². The molecule has 1 aliphatic carbocycles. The largest absolute Gasteiger partial charge is 0.443 e. The third kappa shape index (κ3) is 18.8. The summed E-state index contributed by atoms with van der Waals surface area (Å²) in [6, 6.07) is 5.85. The van der Waals surface area contributed by atoms with Crippen molar-refractivity contribution in [2.24, 2.45) is 7.05 Å². The maximum Gasteiger partial charge on any atom is 0.410 e. The Morgan fingerprint density at radius 3 is 2.13 bits per heavy atom. The molecule has 2 fully saturated rings. The molecule has 0 unspecified atom stereocenters. The van der Waals surface area contributed by atoms with E-state index in [1.54, 1.807) is 23.6 Å². The van der Waals surface area contributed by atoms with Gasteiger partial charge >= 0.3 is 6.09 Å². The number of benzene rings is 1. The number of nitrogens with one attached hydrogen (secondary N) is 3. The summed E-state index contributed by atoms with van der Waals surface area (Å²) in [4.78, 5) is 17.4. The van der Waals surface area contributed by atoms with Gasteiger partial charge in [0.2, 0.25) is 0 Å². The van der Waals surface area contributed by atoms with E-state index in [4.69, 9.17) is 21.7 Å². The van der Waals surface area contributed by atoms with Gasteiger partial charge in [-0.3, -0.25) is 5.41 Å². The molecule has 2 aromatic rings. The van der Waals surface area contributed by atoms with Gasteiger partial charge in [-0.1, -0.05) is 77.9 Å². The third-order valence-electron chi connectivity index (χ3n) is 6.48. The van der Waals surface area contributed by atoms with Crippen molar-refractivity contribution in [3.63, 3.8) is 0 Å². The maximum atomic E-state index is 11.5. The van der Waals surface area contributed by atoms with Crippen LogP contribution in [0.5, 0.6) is 0 Å². The van der Waals surface area contributed by atoms with Gasteiger partial charge in [0.1, 0.15) is 5.60 Å². The van der Waals surface area contributed by atoms with E-state index in [1.807, 2.05) is 104 Å². The number of piperazine rings is 1. The van der Waals surface area contributed by atoms with Crippen molar-refractivity contribution in [1.29, 1.82) is 5.41 Å². The molecule has 0 atom stereocenters. The SMILES string of the molecule is C#C.C=CCCc1ccc(Cl)cc1/C(=C\C)C(=N)c1cncn1C.C=CNC.CC.CC.CC.CC1(OC(=O)N2CCNCC2)CC1. The predicted octanol–water partition coefficient (Wildman–Crippen LogP) is 8.92. The molecule has 8 nitrogen and oxygen atoms in total. The van der Waals surface area contributed by atoms with Crippen LogP contribution in [0, 0.1) is 18.3 Å². The van der Waals surface area contributed by atoms with E-state index < -0.39 is 0 Å². The molecule has 4 rings (SSSR count). The van der Waals surface area contributed by atoms with Crippen molar-refractivity contribution < 1.29 is 9.53 Å². The highest BCUT2D eigenvalue weighted by Crippen LogP contribution is 2.39. The van der Waals surface area contributed by atoms with Gasteiger partial charge in [0.15, 0.2) is 0 Å². The molecule has 1 aromatic heterocycles. The topological polar surface area (TPSA) is 95.3 Å². The molecule has 1 amide bonds. The highest BCUT2D eigenvalue weighted by atomic mass is 35.5. The Balaban J connectivity index is -0.000000656. The fourth-order valence-corrected chi connectivity index (χ4v) is 4.02. The Labute approximate surface area is 292 Å². The van der Waals surface area contributed by atoms with Crippen LogP contribution in [-0.2, 0) is 18.2 Å². The van der Waals surface area contributed by atoms with Crippen LogP contribution in [0.2, 0.25) is 5.02 Å². The molecule has 1 saturated heterocycles. The second-order valence-corrected chi connectivity index (χ2v) is 10.1. The predicted molar refractivity (Wildman–Crippen MR) is 205 cm³/mol. The number of ether oxygens (including phenoxy) is 1. The van der Waals surface area contributed by atoms with Crippen LogP contribution in [0.1, 0.15) is 91.5 Å². The normalized spacial score (nSPS) is 13.3. The average molecular weight is 671 g/mol. The van der Waals surface area contributed by atoms with Gasteiger partial charge in [-0.15, -0.1) is 19.4 Å². The summed E-state index contributed by atoms with van der Waals surface area (Å²) in [6.07, 6.45) is 20.6. The first-order chi connectivity index (χ1) is 22.7. The average Bonchev–Trinajstić information content (AvgIpc) is 3.70. The van der Waals surface area contributed by atoms with Gasteiger partial charge in [0.25, 0.3) is 0 Å². The smallest absolute Gasteiger partial charge is 0.410 e. The van der Waals surface area contributed by atoms with Crippen LogP contribution in [0.25, 0.3) is 5.57 Å². The van der Waals surface area contributed by atoms with Crippen LogP contribution in [0.4, 0.5) is 4.79 Å². The fourth-order valence-electron chi connectivity index (χ4n) is 3.85. The monoisotopic (exact) mass is 670 g/mol. The minimum Gasteiger partial charge on any atom is -0.443 e. The molecule has 1 saturated carbocycles. The number of carbonyl (C=O) groups excluding carboxylic acids is 1. The minimum atomic E-state index is -0.137. The van der Waals surface area contributed by atoms with E-state index in [2.05, 4.69) is 41.6 Å². The standard InChI is InChI=1S/C18H20ClN3.C9H16N2O2.C3H7N.3C2H6.C2H2/c1-4-6-7-13-8-9-14(19)10-16(13)15(5-2)18(20)17-11-21-12-22(17)3;1-9(2-3-9)13-8(12)11-6-4-10-5-7-11;1-3-4-2;4*1-2/h4-5,8-12,20H,1,6-7H2,2-3H3;10H,2-7H2,1H3;3-4H,1H2,2H3;3*1-2H3;1-2H/b15-5+,20-18?;;;;;;. The number of halogens is 1. The van der Waals surface area contributed by atoms with E-state index in [-0.39, 0.29) is 11.7 Å². The molecule has 1 aliphatic heterocycles. The van der Waals surface area contributed by atoms with Crippen molar-refractivity contribution in [3.05, 3.63) is 84.1 Å². The first-order valence-electron chi connectivity index (χ1n) is 16.6. The zero-order valence-electron chi connectivity index (χ0n) is 30.9. The number of rotatable bonds is 8. The van der Waals surface area contributed by atoms with Crippen molar-refractivity contribution in [2.75, 3.05) is 33.2 Å². The maximum absolute atomic E-state index is 11.5. The molecule has 2 heterocycles. The molecular weight excluding hydrogens is 608 g/mol. The number of amides is 1. The van der Waals surface area contributed by atoms with Gasteiger partial charge in [-0.2, -0.15) is 0 Å². The van der Waals surface area contributed by atoms with Crippen LogP contribution >= 0.6 is 11.6 Å². The van der Waals surface area contributed by atoms with E-state index in [0.717, 1.165) is 68.7 Å². The van der Waals surface area contributed by atoms with E-state index in [9.17, 15) is 4.79 Å². The van der Waals surface area contributed by atoms with Gasteiger partial charge in [-0.05, 0) is 69.0 Å². The Bertz CT molecular complexity index is 1190. The summed E-state index contributed by atoms with van der Waals surface area (Å²) < 4.78 is 7.19. The molecule has 0 bridgehead atoms. The minimum absolute atomic E-state index is 0.137. The van der Waals surface area contributed by atoms with E-state index in [1.165, 1.54) is 5.56 Å². The number of nitrogens with zero attached hydrogens (tertiary/aromatic N) is 3. The molecule has 3 N–H and O–H groups in total. The Morgan fingerprint density at radius 1 is 1.15 bits per heavy atom. The van der Waals surface area contributed by atoms with Gasteiger partial charge in [-0.25, -0.2) is 9.78 Å². The van der Waals surface area contributed by atoms with E-state index >= 15 is 0 Å². The second kappa shape index (κ2) is 29.6. The lowest BCUT2D eigenvalue weighted by Crippen LogP contribution is -2.47. The number of terminal acetylenes is 1. The lowest BCUT2D eigenvalue weighted by atomic mass is 9.92. The number of hydrogen-bond donors (Lipinski definition) is 3. The lowest BCUT2D eigenvalue weighted by Gasteiger charge is -2.27. The molecule has 264 valence electrons. The highest BCUT2D eigenvalue weighted by Gasteiger charge is 2.42. The first kappa shape index (κ1) is 47.6. The summed E-state index contributed by atoms with van der Waals surface area (Å²) in [6.45, 7) is 26.4. The van der Waals surface area contributed by atoms with Crippen molar-refractivity contribution in [2.45, 2.75) is 86.7 Å². The third-order valence-corrected chi connectivity index (χ3v) is 6.71. The Kier molecular flexibility index (Phi) is 30.0. The van der Waals surface area contributed by atoms with Crippen molar-refractivity contribution >= 4 is 29.0 Å². The highest BCUT2D eigenvalue weighted by molar-refractivity contribution is 6.33. The van der Waals surface area contributed by atoms with E-state index in [0.29, 0.717) is 10.7 Å². The summed E-state index contributed by atoms with van der Waals surface area (Å²) in [5, 5.41) is 15.1. The second-order valence-electron chi connectivity index (χ2n) is 9.64.